The lowest BCUT2D eigenvalue weighted by Crippen LogP contribution is -2.40. The molecule has 3 aliphatic rings. The van der Waals surface area contributed by atoms with Gasteiger partial charge in [0.05, 0.1) is 0 Å². The van der Waals surface area contributed by atoms with E-state index in [4.69, 9.17) is 4.74 Å². The van der Waals surface area contributed by atoms with Gasteiger partial charge in [-0.1, -0.05) is 6.92 Å². The molecule has 0 aromatic heterocycles. The van der Waals surface area contributed by atoms with E-state index in [9.17, 15) is 9.59 Å². The summed E-state index contributed by atoms with van der Waals surface area (Å²) in [5.74, 6) is 0.343. The molecule has 3 atom stereocenters. The minimum Gasteiger partial charge on any atom is -0.353 e. The Morgan fingerprint density at radius 1 is 1.35 bits per heavy atom. The Kier molecular flexibility index (Phi) is 2.02. The predicted octanol–water partition coefficient (Wildman–Crippen LogP) is 2.19. The molecule has 1 heterocycles. The lowest BCUT2D eigenvalue weighted by atomic mass is 9.61. The van der Waals surface area contributed by atoms with Crippen molar-refractivity contribution < 1.29 is 14.3 Å². The second kappa shape index (κ2) is 3.08. The molecule has 0 bridgehead atoms. The zero-order chi connectivity index (χ0) is 12.4. The van der Waals surface area contributed by atoms with Crippen molar-refractivity contribution in [3.05, 3.63) is 11.1 Å². The lowest BCUT2D eigenvalue weighted by molar-refractivity contribution is -0.123. The van der Waals surface area contributed by atoms with E-state index in [-0.39, 0.29) is 23.1 Å². The molecule has 17 heavy (non-hydrogen) atoms. The normalized spacial score (nSPS) is 44.2. The Morgan fingerprint density at radius 3 is 2.71 bits per heavy atom. The summed E-state index contributed by atoms with van der Waals surface area (Å²) < 4.78 is 5.72. The summed E-state index contributed by atoms with van der Waals surface area (Å²) >= 11 is 0. The van der Waals surface area contributed by atoms with Crippen molar-refractivity contribution in [2.45, 2.75) is 58.2 Å². The van der Waals surface area contributed by atoms with Gasteiger partial charge in [0.2, 0.25) is 0 Å². The van der Waals surface area contributed by atoms with Gasteiger partial charge < -0.3 is 4.74 Å². The molecular formula is C14H18O3. The average molecular weight is 234 g/mol. The Morgan fingerprint density at radius 2 is 2.06 bits per heavy atom. The maximum absolute atomic E-state index is 11.8. The molecule has 3 nitrogen and oxygen atoms in total. The number of allylic oxidation sites excluding steroid dienone is 1. The third-order valence-corrected chi connectivity index (χ3v) is 4.98. The van der Waals surface area contributed by atoms with Crippen molar-refractivity contribution in [1.82, 2.24) is 0 Å². The Labute approximate surface area is 101 Å². The van der Waals surface area contributed by atoms with Crippen molar-refractivity contribution in [2.75, 3.05) is 0 Å². The van der Waals surface area contributed by atoms with Crippen LogP contribution < -0.4 is 0 Å². The van der Waals surface area contributed by atoms with Gasteiger partial charge in [-0.3, -0.25) is 9.59 Å². The molecule has 0 radical (unpaired) electrons. The van der Waals surface area contributed by atoms with Gasteiger partial charge in [-0.05, 0) is 49.7 Å². The topological polar surface area (TPSA) is 46.7 Å². The SMILES string of the molecule is CC(=O)C12CCC3(C)CCC(=O)C(C)=C3C1O2. The number of Topliss-reactive ketones (excluding diaryl/α,β-unsaturated/α-hetero) is 2. The summed E-state index contributed by atoms with van der Waals surface area (Å²) in [5.41, 5.74) is 1.48. The number of ketones is 2. The van der Waals surface area contributed by atoms with Gasteiger partial charge in [0.25, 0.3) is 0 Å². The molecule has 0 aromatic carbocycles. The summed E-state index contributed by atoms with van der Waals surface area (Å²) in [6, 6.07) is 0. The van der Waals surface area contributed by atoms with E-state index < -0.39 is 5.60 Å². The fraction of sp³-hybridized carbons (Fsp3) is 0.714. The fourth-order valence-electron chi connectivity index (χ4n) is 3.65. The lowest BCUT2D eigenvalue weighted by Gasteiger charge is -2.40. The van der Waals surface area contributed by atoms with Crippen LogP contribution in [0.15, 0.2) is 11.1 Å². The van der Waals surface area contributed by atoms with Crippen LogP contribution in [0.5, 0.6) is 0 Å². The standard InChI is InChI=1S/C14H18O3/c1-8-10(16)4-5-13(3)6-7-14(9(2)15)12(17-14)11(8)13/h12H,4-7H2,1-3H3. The van der Waals surface area contributed by atoms with Gasteiger partial charge in [-0.15, -0.1) is 0 Å². The van der Waals surface area contributed by atoms with Gasteiger partial charge in [-0.2, -0.15) is 0 Å². The third kappa shape index (κ3) is 1.26. The van der Waals surface area contributed by atoms with Gasteiger partial charge in [0, 0.05) is 6.42 Å². The maximum atomic E-state index is 11.8. The maximum Gasteiger partial charge on any atom is 0.164 e. The molecule has 0 amide bonds. The number of epoxide rings is 1. The van der Waals surface area contributed by atoms with Crippen LogP contribution in [0.4, 0.5) is 0 Å². The summed E-state index contributed by atoms with van der Waals surface area (Å²) in [4.78, 5) is 23.5. The summed E-state index contributed by atoms with van der Waals surface area (Å²) in [7, 11) is 0. The van der Waals surface area contributed by atoms with Crippen molar-refractivity contribution in [3.63, 3.8) is 0 Å². The first kappa shape index (κ1) is 11.1. The molecule has 0 N–H and O–H groups in total. The number of carbonyl (C=O) groups is 2. The number of ether oxygens (including phenoxy) is 1. The van der Waals surface area contributed by atoms with Crippen LogP contribution in [0, 0.1) is 5.41 Å². The van der Waals surface area contributed by atoms with Crippen LogP contribution in [0.1, 0.15) is 46.5 Å². The van der Waals surface area contributed by atoms with Crippen molar-refractivity contribution >= 4 is 11.6 Å². The second-order valence-corrected chi connectivity index (χ2v) is 5.97. The molecular weight excluding hydrogens is 216 g/mol. The fourth-order valence-corrected chi connectivity index (χ4v) is 3.65. The number of carbonyl (C=O) groups excluding carboxylic acids is 2. The molecule has 1 saturated carbocycles. The van der Waals surface area contributed by atoms with E-state index in [1.807, 2.05) is 6.92 Å². The number of hydrogen-bond acceptors (Lipinski definition) is 3. The van der Waals surface area contributed by atoms with Crippen molar-refractivity contribution in [3.8, 4) is 0 Å². The monoisotopic (exact) mass is 234 g/mol. The zero-order valence-electron chi connectivity index (χ0n) is 10.6. The number of rotatable bonds is 1. The zero-order valence-corrected chi connectivity index (χ0v) is 10.6. The van der Waals surface area contributed by atoms with Crippen LogP contribution >= 0.6 is 0 Å². The van der Waals surface area contributed by atoms with E-state index >= 15 is 0 Å². The Balaban J connectivity index is 2.07. The average Bonchev–Trinajstić information content (AvgIpc) is 2.99. The molecule has 3 heteroatoms. The molecule has 1 saturated heterocycles. The van der Waals surface area contributed by atoms with E-state index in [0.29, 0.717) is 6.42 Å². The largest absolute Gasteiger partial charge is 0.353 e. The summed E-state index contributed by atoms with van der Waals surface area (Å²) in [6.07, 6.45) is 3.22. The first-order valence-electron chi connectivity index (χ1n) is 6.34. The van der Waals surface area contributed by atoms with E-state index in [0.717, 1.165) is 30.4 Å². The predicted molar refractivity (Wildman–Crippen MR) is 62.6 cm³/mol. The minimum absolute atomic E-state index is 0.0815. The highest BCUT2D eigenvalue weighted by molar-refractivity contribution is 5.98. The third-order valence-electron chi connectivity index (χ3n) is 4.98. The smallest absolute Gasteiger partial charge is 0.164 e. The molecule has 2 fully saturated rings. The van der Waals surface area contributed by atoms with Gasteiger partial charge in [0.1, 0.15) is 6.10 Å². The molecule has 92 valence electrons. The molecule has 3 rings (SSSR count). The van der Waals surface area contributed by atoms with Crippen molar-refractivity contribution in [1.29, 1.82) is 0 Å². The second-order valence-electron chi connectivity index (χ2n) is 5.97. The number of hydrogen-bond donors (Lipinski definition) is 0. The van der Waals surface area contributed by atoms with Gasteiger partial charge in [0.15, 0.2) is 17.2 Å². The minimum atomic E-state index is -0.576. The summed E-state index contributed by atoms with van der Waals surface area (Å²) in [6.45, 7) is 5.71. The molecule has 2 aliphatic carbocycles. The van der Waals surface area contributed by atoms with Crippen LogP contribution in [0.25, 0.3) is 0 Å². The summed E-state index contributed by atoms with van der Waals surface area (Å²) in [5, 5.41) is 0. The highest BCUT2D eigenvalue weighted by Crippen LogP contribution is 2.61. The van der Waals surface area contributed by atoms with E-state index in [2.05, 4.69) is 6.92 Å². The van der Waals surface area contributed by atoms with Crippen molar-refractivity contribution in [2.24, 2.45) is 5.41 Å². The van der Waals surface area contributed by atoms with Crippen LogP contribution in [-0.2, 0) is 14.3 Å². The quantitative estimate of drug-likeness (QED) is 0.653. The Hall–Kier alpha value is -0.960. The first-order valence-corrected chi connectivity index (χ1v) is 6.34. The van der Waals surface area contributed by atoms with Gasteiger partial charge >= 0.3 is 0 Å². The molecule has 1 aliphatic heterocycles. The Bertz CT molecular complexity index is 462. The van der Waals surface area contributed by atoms with Crippen LogP contribution in [0.3, 0.4) is 0 Å². The highest BCUT2D eigenvalue weighted by Gasteiger charge is 2.68. The number of fused-ring (bicyclic) bond motifs is 3. The molecule has 3 unspecified atom stereocenters. The first-order chi connectivity index (χ1) is 7.91. The van der Waals surface area contributed by atoms with Gasteiger partial charge in [-0.25, -0.2) is 0 Å². The highest BCUT2D eigenvalue weighted by atomic mass is 16.6. The van der Waals surface area contributed by atoms with E-state index in [1.54, 1.807) is 6.92 Å². The van der Waals surface area contributed by atoms with Crippen LogP contribution in [-0.4, -0.2) is 23.3 Å². The van der Waals surface area contributed by atoms with E-state index in [1.165, 1.54) is 0 Å². The molecule has 0 spiro atoms. The van der Waals surface area contributed by atoms with Crippen LogP contribution in [0.2, 0.25) is 0 Å². The molecule has 0 aromatic rings.